The SMILES string of the molecule is NC(=O)C1CCN(C(=O)c2cc(-c3ccc(Cl)c(Cl)c3)ncn2)C1. The maximum absolute atomic E-state index is 12.6. The number of nitrogens with two attached hydrogens (primary N) is 1. The van der Waals surface area contributed by atoms with Crippen molar-refractivity contribution in [2.45, 2.75) is 6.42 Å². The molecule has 0 aliphatic carbocycles. The summed E-state index contributed by atoms with van der Waals surface area (Å²) in [6, 6.07) is 6.71. The van der Waals surface area contributed by atoms with Crippen molar-refractivity contribution in [2.75, 3.05) is 13.1 Å². The van der Waals surface area contributed by atoms with E-state index in [4.69, 9.17) is 28.9 Å². The molecule has 124 valence electrons. The number of hydrogen-bond donors (Lipinski definition) is 1. The molecule has 1 aliphatic rings. The van der Waals surface area contributed by atoms with Gasteiger partial charge in [-0.2, -0.15) is 0 Å². The van der Waals surface area contributed by atoms with E-state index >= 15 is 0 Å². The topological polar surface area (TPSA) is 89.2 Å². The third-order valence-electron chi connectivity index (χ3n) is 3.98. The fraction of sp³-hybridized carbons (Fsp3) is 0.250. The van der Waals surface area contributed by atoms with E-state index in [0.29, 0.717) is 35.2 Å². The standard InChI is InChI=1S/C16H14Cl2N4O2/c17-11-2-1-9(5-12(11)18)13-6-14(21-8-20-13)16(24)22-4-3-10(7-22)15(19)23/h1-2,5-6,8,10H,3-4,7H2,(H2,19,23). The molecular formula is C16H14Cl2N4O2. The van der Waals surface area contributed by atoms with Gasteiger partial charge in [0.25, 0.3) is 5.91 Å². The molecule has 0 bridgehead atoms. The third kappa shape index (κ3) is 3.34. The maximum Gasteiger partial charge on any atom is 0.272 e. The summed E-state index contributed by atoms with van der Waals surface area (Å²) in [6.45, 7) is 0.804. The van der Waals surface area contributed by atoms with Crippen LogP contribution in [-0.2, 0) is 4.79 Å². The average molecular weight is 365 g/mol. The second-order valence-electron chi connectivity index (χ2n) is 5.56. The molecule has 3 rings (SSSR count). The quantitative estimate of drug-likeness (QED) is 0.905. The zero-order valence-corrected chi connectivity index (χ0v) is 14.1. The Hall–Kier alpha value is -2.18. The summed E-state index contributed by atoms with van der Waals surface area (Å²) in [4.78, 5) is 33.6. The molecular weight excluding hydrogens is 351 g/mol. The van der Waals surface area contributed by atoms with Crippen LogP contribution in [0.4, 0.5) is 0 Å². The van der Waals surface area contributed by atoms with Crippen LogP contribution >= 0.6 is 23.2 Å². The van der Waals surface area contributed by atoms with Gasteiger partial charge in [-0.15, -0.1) is 0 Å². The van der Waals surface area contributed by atoms with Crippen LogP contribution in [0.15, 0.2) is 30.6 Å². The summed E-state index contributed by atoms with van der Waals surface area (Å²) in [5, 5.41) is 0.852. The highest BCUT2D eigenvalue weighted by atomic mass is 35.5. The molecule has 1 aromatic heterocycles. The number of nitrogens with zero attached hydrogens (tertiary/aromatic N) is 3. The molecule has 1 saturated heterocycles. The molecule has 1 fully saturated rings. The minimum absolute atomic E-state index is 0.248. The molecule has 0 spiro atoms. The first-order valence-electron chi connectivity index (χ1n) is 7.32. The van der Waals surface area contributed by atoms with E-state index in [2.05, 4.69) is 9.97 Å². The van der Waals surface area contributed by atoms with Crippen molar-refractivity contribution >= 4 is 35.0 Å². The number of likely N-dealkylation sites (tertiary alicyclic amines) is 1. The summed E-state index contributed by atoms with van der Waals surface area (Å²) < 4.78 is 0. The first-order valence-corrected chi connectivity index (χ1v) is 8.07. The van der Waals surface area contributed by atoms with E-state index in [1.807, 2.05) is 0 Å². The van der Waals surface area contributed by atoms with Crippen molar-refractivity contribution in [2.24, 2.45) is 11.7 Å². The van der Waals surface area contributed by atoms with E-state index in [0.717, 1.165) is 5.56 Å². The molecule has 0 radical (unpaired) electrons. The number of carbonyl (C=O) groups is 2. The number of hydrogen-bond acceptors (Lipinski definition) is 4. The van der Waals surface area contributed by atoms with Gasteiger partial charge in [-0.1, -0.05) is 29.3 Å². The Morgan fingerprint density at radius 3 is 2.62 bits per heavy atom. The molecule has 2 aromatic rings. The van der Waals surface area contributed by atoms with Crippen molar-refractivity contribution in [3.8, 4) is 11.3 Å². The Labute approximate surface area is 148 Å². The van der Waals surface area contributed by atoms with E-state index in [-0.39, 0.29) is 23.4 Å². The molecule has 2 heterocycles. The lowest BCUT2D eigenvalue weighted by Crippen LogP contribution is -2.32. The fourth-order valence-corrected chi connectivity index (χ4v) is 2.92. The average Bonchev–Trinajstić information content (AvgIpc) is 3.07. The Morgan fingerprint density at radius 1 is 1.17 bits per heavy atom. The van der Waals surface area contributed by atoms with Gasteiger partial charge in [0.15, 0.2) is 0 Å². The number of carbonyl (C=O) groups excluding carboxylic acids is 2. The number of amides is 2. The fourth-order valence-electron chi connectivity index (χ4n) is 2.63. The second kappa shape index (κ2) is 6.75. The van der Waals surface area contributed by atoms with Crippen molar-refractivity contribution in [3.05, 3.63) is 46.3 Å². The Bertz CT molecular complexity index is 812. The van der Waals surface area contributed by atoms with Gasteiger partial charge in [0.05, 0.1) is 21.7 Å². The van der Waals surface area contributed by atoms with Crippen LogP contribution < -0.4 is 5.73 Å². The Morgan fingerprint density at radius 2 is 1.96 bits per heavy atom. The summed E-state index contributed by atoms with van der Waals surface area (Å²) in [5.74, 6) is -0.933. The molecule has 2 amide bonds. The summed E-state index contributed by atoms with van der Waals surface area (Å²) in [5.41, 5.74) is 6.86. The molecule has 2 N–H and O–H groups in total. The van der Waals surface area contributed by atoms with Gasteiger partial charge < -0.3 is 10.6 Å². The summed E-state index contributed by atoms with van der Waals surface area (Å²) >= 11 is 11.9. The van der Waals surface area contributed by atoms with Crippen molar-refractivity contribution in [3.63, 3.8) is 0 Å². The lowest BCUT2D eigenvalue weighted by molar-refractivity contribution is -0.121. The van der Waals surface area contributed by atoms with Crippen molar-refractivity contribution in [1.82, 2.24) is 14.9 Å². The van der Waals surface area contributed by atoms with E-state index in [1.54, 1.807) is 29.2 Å². The van der Waals surface area contributed by atoms with E-state index in [1.165, 1.54) is 6.33 Å². The largest absolute Gasteiger partial charge is 0.369 e. The Kier molecular flexibility index (Phi) is 4.69. The second-order valence-corrected chi connectivity index (χ2v) is 6.37. The van der Waals surface area contributed by atoms with Crippen molar-refractivity contribution in [1.29, 1.82) is 0 Å². The number of primary amides is 1. The van der Waals surface area contributed by atoms with Gasteiger partial charge in [0, 0.05) is 18.7 Å². The summed E-state index contributed by atoms with van der Waals surface area (Å²) in [6.07, 6.45) is 1.90. The highest BCUT2D eigenvalue weighted by molar-refractivity contribution is 6.42. The lowest BCUT2D eigenvalue weighted by Gasteiger charge is -2.15. The molecule has 1 aromatic carbocycles. The van der Waals surface area contributed by atoms with Crippen LogP contribution in [0.3, 0.4) is 0 Å². The monoisotopic (exact) mass is 364 g/mol. The van der Waals surface area contributed by atoms with Gasteiger partial charge in [-0.3, -0.25) is 9.59 Å². The lowest BCUT2D eigenvalue weighted by atomic mass is 10.1. The zero-order chi connectivity index (χ0) is 17.3. The molecule has 1 unspecified atom stereocenters. The van der Waals surface area contributed by atoms with Crippen LogP contribution in [0.2, 0.25) is 10.0 Å². The van der Waals surface area contributed by atoms with E-state index in [9.17, 15) is 9.59 Å². The zero-order valence-electron chi connectivity index (χ0n) is 12.6. The van der Waals surface area contributed by atoms with E-state index < -0.39 is 0 Å². The molecule has 6 nitrogen and oxygen atoms in total. The first-order chi connectivity index (χ1) is 11.5. The minimum atomic E-state index is -0.385. The predicted octanol–water partition coefficient (Wildman–Crippen LogP) is 2.40. The number of benzene rings is 1. The number of aromatic nitrogens is 2. The van der Waals surface area contributed by atoms with Gasteiger partial charge >= 0.3 is 0 Å². The highest BCUT2D eigenvalue weighted by Crippen LogP contribution is 2.28. The van der Waals surface area contributed by atoms with Crippen molar-refractivity contribution < 1.29 is 9.59 Å². The predicted molar refractivity (Wildman–Crippen MR) is 90.7 cm³/mol. The van der Waals surface area contributed by atoms with Gasteiger partial charge in [0.1, 0.15) is 12.0 Å². The van der Waals surface area contributed by atoms with Crippen LogP contribution in [0.25, 0.3) is 11.3 Å². The van der Waals surface area contributed by atoms with Crippen LogP contribution in [0.1, 0.15) is 16.9 Å². The smallest absolute Gasteiger partial charge is 0.272 e. The molecule has 1 atom stereocenters. The number of rotatable bonds is 3. The Balaban J connectivity index is 1.84. The molecule has 8 heteroatoms. The van der Waals surface area contributed by atoms with Gasteiger partial charge in [-0.25, -0.2) is 9.97 Å². The molecule has 0 saturated carbocycles. The van der Waals surface area contributed by atoms with Gasteiger partial charge in [0.2, 0.25) is 5.91 Å². The first kappa shape index (κ1) is 16.7. The normalized spacial score (nSPS) is 17.1. The van der Waals surface area contributed by atoms with Crippen LogP contribution in [0, 0.1) is 5.92 Å². The van der Waals surface area contributed by atoms with Crippen LogP contribution in [-0.4, -0.2) is 39.8 Å². The third-order valence-corrected chi connectivity index (χ3v) is 4.72. The number of halogens is 2. The minimum Gasteiger partial charge on any atom is -0.369 e. The highest BCUT2D eigenvalue weighted by Gasteiger charge is 2.30. The summed E-state index contributed by atoms with van der Waals surface area (Å²) in [7, 11) is 0. The van der Waals surface area contributed by atoms with Gasteiger partial charge in [-0.05, 0) is 24.6 Å². The van der Waals surface area contributed by atoms with Crippen LogP contribution in [0.5, 0.6) is 0 Å². The maximum atomic E-state index is 12.6. The molecule has 1 aliphatic heterocycles. The molecule has 24 heavy (non-hydrogen) atoms.